The first-order chi connectivity index (χ1) is 18.1. The van der Waals surface area contributed by atoms with Crippen molar-refractivity contribution in [3.8, 4) is 0 Å². The van der Waals surface area contributed by atoms with Crippen LogP contribution in [0.3, 0.4) is 0 Å². The third kappa shape index (κ3) is 38.1. The van der Waals surface area contributed by atoms with Crippen LogP contribution in [0.1, 0.15) is 189 Å². The summed E-state index contributed by atoms with van der Waals surface area (Å²) in [5.41, 5.74) is 0. The zero-order valence-electron chi connectivity index (χ0n) is 26.6. The van der Waals surface area contributed by atoms with Crippen molar-refractivity contribution in [2.75, 3.05) is 25.1 Å². The predicted molar refractivity (Wildman–Crippen MR) is 172 cm³/mol. The zero-order chi connectivity index (χ0) is 27.7. The lowest BCUT2D eigenvalue weighted by Crippen LogP contribution is -1.99. The van der Waals surface area contributed by atoms with Crippen LogP contribution >= 0.6 is 7.92 Å². The summed E-state index contributed by atoms with van der Waals surface area (Å²) in [5, 5.41) is 0. The number of rotatable bonds is 28. The minimum absolute atomic E-state index is 0.159. The van der Waals surface area contributed by atoms with Crippen LogP contribution in [0.5, 0.6) is 0 Å². The average Bonchev–Trinajstić information content (AvgIpc) is 2.89. The first-order valence-electron chi connectivity index (χ1n) is 17.0. The Morgan fingerprint density at radius 1 is 0.459 bits per heavy atom. The van der Waals surface area contributed by atoms with E-state index in [0.29, 0.717) is 14.5 Å². The molecule has 0 saturated heterocycles. The third-order valence-corrected chi connectivity index (χ3v) is 10.2. The lowest BCUT2D eigenvalue weighted by molar-refractivity contribution is -0.141. The Morgan fingerprint density at radius 2 is 0.757 bits per heavy atom. The third-order valence-electron chi connectivity index (χ3n) is 7.41. The number of unbranched alkanes of at least 4 members (excludes halogenated alkanes) is 21. The molecule has 0 spiro atoms. The maximum absolute atomic E-state index is 10.4. The molecule has 0 aliphatic carbocycles. The first kappa shape index (κ1) is 39.0. The number of hydrogen-bond acceptors (Lipinski definition) is 2. The van der Waals surface area contributed by atoms with Gasteiger partial charge in [0.15, 0.2) is 0 Å². The molecule has 0 fully saturated rings. The van der Waals surface area contributed by atoms with Crippen LogP contribution < -0.4 is 0 Å². The molecule has 0 aliphatic rings. The molecule has 0 aliphatic heterocycles. The highest BCUT2D eigenvalue weighted by Gasteiger charge is 2.05. The van der Waals surface area contributed by atoms with E-state index in [4.69, 9.17) is 4.74 Å². The minimum Gasteiger partial charge on any atom is -0.466 e. The van der Waals surface area contributed by atoms with Gasteiger partial charge in [0.1, 0.15) is 0 Å². The van der Waals surface area contributed by atoms with E-state index in [1.807, 2.05) is 0 Å². The largest absolute Gasteiger partial charge is 0.466 e. The maximum Gasteiger partial charge on any atom is 0.302 e. The summed E-state index contributed by atoms with van der Waals surface area (Å²) in [6.45, 7) is 11.3. The molecule has 0 unspecified atom stereocenters. The van der Waals surface area contributed by atoms with E-state index in [9.17, 15) is 4.79 Å². The fourth-order valence-corrected chi connectivity index (χ4v) is 7.02. The van der Waals surface area contributed by atoms with Gasteiger partial charge < -0.3 is 4.74 Å². The Morgan fingerprint density at radius 3 is 1.05 bits per heavy atom. The van der Waals surface area contributed by atoms with Crippen LogP contribution in [0.2, 0.25) is 0 Å². The predicted octanol–water partition coefficient (Wildman–Crippen LogP) is 12.5. The molecule has 0 heterocycles. The van der Waals surface area contributed by atoms with Gasteiger partial charge in [-0.05, 0) is 37.7 Å². The number of ether oxygens (including phenoxy) is 1. The van der Waals surface area contributed by atoms with Crippen LogP contribution in [0.15, 0.2) is 0 Å². The van der Waals surface area contributed by atoms with Crippen LogP contribution in [-0.2, 0) is 9.53 Å². The second-order valence-corrected chi connectivity index (χ2v) is 14.1. The highest BCUT2D eigenvalue weighted by Crippen LogP contribution is 2.37. The highest BCUT2D eigenvalue weighted by atomic mass is 31.1. The Bertz CT molecular complexity index is 393. The maximum atomic E-state index is 10.4. The smallest absolute Gasteiger partial charge is 0.302 e. The second kappa shape index (κ2) is 35.9. The van der Waals surface area contributed by atoms with Crippen LogP contribution in [0, 0.1) is 0 Å². The van der Waals surface area contributed by atoms with Crippen molar-refractivity contribution in [3.63, 3.8) is 0 Å². The van der Waals surface area contributed by atoms with Crippen molar-refractivity contribution in [1.29, 1.82) is 0 Å². The van der Waals surface area contributed by atoms with Gasteiger partial charge in [-0.3, -0.25) is 4.79 Å². The molecular formula is C34H71O2P. The molecule has 2 nitrogen and oxygen atoms in total. The first-order valence-corrected chi connectivity index (χ1v) is 18.9. The monoisotopic (exact) mass is 543 g/mol. The summed E-state index contributed by atoms with van der Waals surface area (Å²) in [6, 6.07) is 0. The van der Waals surface area contributed by atoms with Crippen molar-refractivity contribution < 1.29 is 9.53 Å². The summed E-state index contributed by atoms with van der Waals surface area (Å²) in [7, 11) is 0.381. The standard InChI is InChI=1S/C22H47P.C12H24O2/c1-4-7-9-11-13-15-17-19-21-23(6-3)22-20-18-16-14-12-10-8-5-2;1-3-4-5-6-7-8-9-10-11-14-12(2)13/h4-22H2,1-3H3;3-11H2,1-2H3. The highest BCUT2D eigenvalue weighted by molar-refractivity contribution is 7.57. The van der Waals surface area contributed by atoms with Gasteiger partial charge in [-0.25, -0.2) is 0 Å². The Balaban J connectivity index is 0. The van der Waals surface area contributed by atoms with Gasteiger partial charge in [0.2, 0.25) is 0 Å². The Kier molecular flexibility index (Phi) is 37.9. The van der Waals surface area contributed by atoms with Gasteiger partial charge in [0.25, 0.3) is 0 Å². The summed E-state index contributed by atoms with van der Waals surface area (Å²) in [5.74, 6) is -0.159. The zero-order valence-corrected chi connectivity index (χ0v) is 27.5. The molecule has 0 saturated carbocycles. The van der Waals surface area contributed by atoms with Crippen molar-refractivity contribution in [2.24, 2.45) is 0 Å². The number of esters is 1. The normalized spacial score (nSPS) is 11.0. The lowest BCUT2D eigenvalue weighted by atomic mass is 10.1. The molecule has 0 bridgehead atoms. The molecule has 0 atom stereocenters. The van der Waals surface area contributed by atoms with Gasteiger partial charge in [-0.2, -0.15) is 0 Å². The molecule has 0 N–H and O–H groups in total. The van der Waals surface area contributed by atoms with Crippen molar-refractivity contribution in [2.45, 2.75) is 189 Å². The molecule has 0 aromatic carbocycles. The fourth-order valence-electron chi connectivity index (χ4n) is 4.82. The Hall–Kier alpha value is -0.100. The SMILES string of the molecule is CCCCCCCCCCOC(C)=O.CCCCCCCCCCP(CC)CCCCCCCCCC. The van der Waals surface area contributed by atoms with Crippen LogP contribution in [-0.4, -0.2) is 31.1 Å². The summed E-state index contributed by atoms with van der Waals surface area (Å²) in [4.78, 5) is 10.4. The minimum atomic E-state index is -0.159. The molecule has 0 rings (SSSR count). The molecular weight excluding hydrogens is 471 g/mol. The van der Waals surface area contributed by atoms with E-state index in [0.717, 1.165) is 6.42 Å². The van der Waals surface area contributed by atoms with Gasteiger partial charge in [0.05, 0.1) is 6.61 Å². The molecule has 3 heteroatoms. The topological polar surface area (TPSA) is 26.3 Å². The van der Waals surface area contributed by atoms with Crippen LogP contribution in [0.4, 0.5) is 0 Å². The van der Waals surface area contributed by atoms with E-state index in [1.165, 1.54) is 161 Å². The quantitative estimate of drug-likeness (QED) is 0.0558. The van der Waals surface area contributed by atoms with Gasteiger partial charge in [-0.1, -0.05) is 163 Å². The van der Waals surface area contributed by atoms with Crippen molar-refractivity contribution in [1.82, 2.24) is 0 Å². The van der Waals surface area contributed by atoms with E-state index in [2.05, 4.69) is 27.7 Å². The summed E-state index contributed by atoms with van der Waals surface area (Å²) >= 11 is 0. The van der Waals surface area contributed by atoms with Crippen molar-refractivity contribution in [3.05, 3.63) is 0 Å². The van der Waals surface area contributed by atoms with Gasteiger partial charge in [-0.15, -0.1) is 7.92 Å². The second-order valence-electron chi connectivity index (χ2n) is 11.2. The van der Waals surface area contributed by atoms with E-state index in [-0.39, 0.29) is 5.97 Å². The molecule has 0 radical (unpaired) electrons. The van der Waals surface area contributed by atoms with Gasteiger partial charge in [0, 0.05) is 6.92 Å². The van der Waals surface area contributed by atoms with Crippen LogP contribution in [0.25, 0.3) is 0 Å². The molecule has 0 aromatic heterocycles. The number of carbonyl (C=O) groups excluding carboxylic acids is 1. The number of hydrogen-bond donors (Lipinski definition) is 0. The molecule has 224 valence electrons. The lowest BCUT2D eigenvalue weighted by Gasteiger charge is -2.15. The van der Waals surface area contributed by atoms with Gasteiger partial charge >= 0.3 is 5.97 Å². The summed E-state index contributed by atoms with van der Waals surface area (Å²) in [6.07, 6.45) is 38.4. The Labute approximate surface area is 237 Å². The summed E-state index contributed by atoms with van der Waals surface area (Å²) < 4.78 is 4.85. The molecule has 0 aromatic rings. The fraction of sp³-hybridized carbons (Fsp3) is 0.971. The molecule has 0 amide bonds. The molecule has 37 heavy (non-hydrogen) atoms. The number of carbonyl (C=O) groups is 1. The van der Waals surface area contributed by atoms with E-state index >= 15 is 0 Å². The average molecular weight is 543 g/mol. The van der Waals surface area contributed by atoms with E-state index in [1.54, 1.807) is 12.3 Å². The van der Waals surface area contributed by atoms with E-state index < -0.39 is 0 Å². The van der Waals surface area contributed by atoms with Crippen molar-refractivity contribution >= 4 is 13.9 Å².